The molecule has 2 heterocycles. The van der Waals surface area contributed by atoms with Crippen LogP contribution in [0.1, 0.15) is 45.4 Å². The molecule has 3 rings (SSSR count). The molecule has 2 aliphatic heterocycles. The first-order valence-corrected chi connectivity index (χ1v) is 11.7. The fraction of sp³-hybridized carbons (Fsp3) is 0.864. The number of hydrogen-bond acceptors (Lipinski definition) is 7. The molecule has 0 spiro atoms. The lowest BCUT2D eigenvalue weighted by Gasteiger charge is -2.53. The normalized spacial score (nSPS) is 32.0. The summed E-state index contributed by atoms with van der Waals surface area (Å²) in [6.45, 7) is 4.86. The summed E-state index contributed by atoms with van der Waals surface area (Å²) in [5, 5.41) is 6.55. The van der Waals surface area contributed by atoms with Crippen molar-refractivity contribution in [3.8, 4) is 0 Å². The third-order valence-corrected chi connectivity index (χ3v) is 7.27. The second-order valence-corrected chi connectivity index (χ2v) is 9.02. The van der Waals surface area contributed by atoms with Gasteiger partial charge < -0.3 is 29.8 Å². The number of ether oxygens (including phenoxy) is 2. The molecular formula is C22H38N4O5. The molecule has 0 bridgehead atoms. The number of methoxy groups -OCH3 is 1. The van der Waals surface area contributed by atoms with Gasteiger partial charge in [-0.2, -0.15) is 0 Å². The minimum Gasteiger partial charge on any atom is -0.453 e. The van der Waals surface area contributed by atoms with Crippen LogP contribution in [0.5, 0.6) is 0 Å². The summed E-state index contributed by atoms with van der Waals surface area (Å²) in [6.07, 6.45) is 5.08. The van der Waals surface area contributed by atoms with Crippen molar-refractivity contribution in [2.75, 3.05) is 40.3 Å². The van der Waals surface area contributed by atoms with Gasteiger partial charge in [0, 0.05) is 6.54 Å². The van der Waals surface area contributed by atoms with Crippen LogP contribution >= 0.6 is 0 Å². The van der Waals surface area contributed by atoms with E-state index in [4.69, 9.17) is 9.47 Å². The van der Waals surface area contributed by atoms with Crippen molar-refractivity contribution in [2.24, 2.45) is 11.8 Å². The Morgan fingerprint density at radius 3 is 2.65 bits per heavy atom. The van der Waals surface area contributed by atoms with E-state index in [1.165, 1.54) is 7.11 Å². The molecule has 2 saturated heterocycles. The van der Waals surface area contributed by atoms with Gasteiger partial charge >= 0.3 is 12.2 Å². The van der Waals surface area contributed by atoms with E-state index in [-0.39, 0.29) is 30.8 Å². The zero-order valence-corrected chi connectivity index (χ0v) is 19.0. The minimum atomic E-state index is -0.721. The van der Waals surface area contributed by atoms with E-state index in [1.54, 1.807) is 9.80 Å². The van der Waals surface area contributed by atoms with Crippen molar-refractivity contribution in [1.82, 2.24) is 20.4 Å². The van der Waals surface area contributed by atoms with Gasteiger partial charge in [0.25, 0.3) is 0 Å². The quantitative estimate of drug-likeness (QED) is 0.608. The lowest BCUT2D eigenvalue weighted by atomic mass is 9.73. The number of rotatable bonds is 6. The minimum absolute atomic E-state index is 0.147. The number of nitrogens with zero attached hydrogens (tertiary/aromatic N) is 2. The highest BCUT2D eigenvalue weighted by Gasteiger charge is 2.50. The van der Waals surface area contributed by atoms with Gasteiger partial charge in [-0.25, -0.2) is 9.59 Å². The molecule has 176 valence electrons. The molecule has 6 atom stereocenters. The molecule has 31 heavy (non-hydrogen) atoms. The van der Waals surface area contributed by atoms with Crippen LogP contribution < -0.4 is 10.6 Å². The van der Waals surface area contributed by atoms with Crippen LogP contribution in [-0.4, -0.2) is 92.8 Å². The summed E-state index contributed by atoms with van der Waals surface area (Å²) in [5.74, 6) is 0.944. The first-order chi connectivity index (χ1) is 15.0. The summed E-state index contributed by atoms with van der Waals surface area (Å²) >= 11 is 0. The SMILES string of the molecule is CCC(CNC)C1CCC2C(C1)N(C(=O)OC1CCCNC1)CC(C=O)N2C(=O)OC. The number of piperazine rings is 1. The number of amides is 2. The van der Waals surface area contributed by atoms with Crippen molar-refractivity contribution >= 4 is 18.5 Å². The maximum Gasteiger partial charge on any atom is 0.410 e. The van der Waals surface area contributed by atoms with Crippen LogP contribution in [0.25, 0.3) is 0 Å². The molecule has 3 fully saturated rings. The number of aldehydes is 1. The third kappa shape index (κ3) is 5.31. The second kappa shape index (κ2) is 11.1. The first-order valence-electron chi connectivity index (χ1n) is 11.7. The Hall–Kier alpha value is -1.87. The lowest BCUT2D eigenvalue weighted by Crippen LogP contribution is -2.68. The molecular weight excluding hydrogens is 400 g/mol. The highest BCUT2D eigenvalue weighted by atomic mass is 16.6. The number of hydrogen-bond donors (Lipinski definition) is 2. The second-order valence-electron chi connectivity index (χ2n) is 9.02. The topological polar surface area (TPSA) is 100 Å². The summed E-state index contributed by atoms with van der Waals surface area (Å²) in [5.41, 5.74) is 0. The van der Waals surface area contributed by atoms with Crippen molar-refractivity contribution in [3.05, 3.63) is 0 Å². The first kappa shape index (κ1) is 23.8. The van der Waals surface area contributed by atoms with Gasteiger partial charge in [-0.15, -0.1) is 0 Å². The average Bonchev–Trinajstić information content (AvgIpc) is 2.81. The molecule has 2 amide bonds. The van der Waals surface area contributed by atoms with Crippen LogP contribution in [0.3, 0.4) is 0 Å². The van der Waals surface area contributed by atoms with Gasteiger partial charge in [0.15, 0.2) is 0 Å². The average molecular weight is 439 g/mol. The van der Waals surface area contributed by atoms with Crippen LogP contribution in [0.15, 0.2) is 0 Å². The molecule has 6 unspecified atom stereocenters. The van der Waals surface area contributed by atoms with Crippen LogP contribution in [-0.2, 0) is 14.3 Å². The van der Waals surface area contributed by atoms with Crippen molar-refractivity contribution < 1.29 is 23.9 Å². The highest BCUT2D eigenvalue weighted by Crippen LogP contribution is 2.39. The standard InChI is InChI=1S/C22H38N4O5/c1-4-15(11-23-2)16-7-8-19-20(10-16)25(13-17(14-27)26(19)22(29)30-3)21(28)31-18-6-5-9-24-12-18/h14-20,23-24H,4-13H2,1-3H3. The third-order valence-electron chi connectivity index (χ3n) is 7.27. The van der Waals surface area contributed by atoms with Gasteiger partial charge in [-0.1, -0.05) is 13.3 Å². The summed E-state index contributed by atoms with van der Waals surface area (Å²) in [7, 11) is 3.30. The zero-order chi connectivity index (χ0) is 22.4. The number of nitrogens with one attached hydrogen (secondary N) is 2. The van der Waals surface area contributed by atoms with E-state index in [0.29, 0.717) is 18.4 Å². The van der Waals surface area contributed by atoms with E-state index < -0.39 is 12.1 Å². The Morgan fingerprint density at radius 2 is 2.03 bits per heavy atom. The van der Waals surface area contributed by atoms with Gasteiger partial charge in [0.1, 0.15) is 18.4 Å². The molecule has 0 aromatic rings. The van der Waals surface area contributed by atoms with E-state index in [9.17, 15) is 14.4 Å². The molecule has 0 radical (unpaired) electrons. The Kier molecular flexibility index (Phi) is 8.54. The Morgan fingerprint density at radius 1 is 1.23 bits per heavy atom. The number of carbonyl (C=O) groups excluding carboxylic acids is 3. The molecule has 9 nitrogen and oxygen atoms in total. The van der Waals surface area contributed by atoms with E-state index >= 15 is 0 Å². The van der Waals surface area contributed by atoms with Crippen LogP contribution in [0.4, 0.5) is 9.59 Å². The van der Waals surface area contributed by atoms with Gasteiger partial charge in [0.2, 0.25) is 0 Å². The molecule has 2 N–H and O–H groups in total. The Labute approximate surface area is 185 Å². The monoisotopic (exact) mass is 438 g/mol. The summed E-state index contributed by atoms with van der Waals surface area (Å²) < 4.78 is 10.8. The predicted octanol–water partition coefficient (Wildman–Crippen LogP) is 1.61. The van der Waals surface area contributed by atoms with Crippen molar-refractivity contribution in [2.45, 2.75) is 69.7 Å². The maximum absolute atomic E-state index is 13.2. The molecule has 1 aliphatic carbocycles. The fourth-order valence-corrected chi connectivity index (χ4v) is 5.65. The molecule has 3 aliphatic rings. The Bertz CT molecular complexity index is 627. The van der Waals surface area contributed by atoms with E-state index in [2.05, 4.69) is 17.6 Å². The van der Waals surface area contributed by atoms with Gasteiger partial charge in [0.05, 0.1) is 25.7 Å². The zero-order valence-electron chi connectivity index (χ0n) is 19.0. The van der Waals surface area contributed by atoms with Crippen LogP contribution in [0.2, 0.25) is 0 Å². The molecule has 0 aromatic carbocycles. The summed E-state index contributed by atoms with van der Waals surface area (Å²) in [6, 6.07) is -1.14. The number of fused-ring (bicyclic) bond motifs is 1. The fourth-order valence-electron chi connectivity index (χ4n) is 5.65. The van der Waals surface area contributed by atoms with Crippen molar-refractivity contribution in [1.29, 1.82) is 0 Å². The molecule has 1 saturated carbocycles. The summed E-state index contributed by atoms with van der Waals surface area (Å²) in [4.78, 5) is 40.9. The van der Waals surface area contributed by atoms with Crippen LogP contribution in [0, 0.1) is 11.8 Å². The smallest absolute Gasteiger partial charge is 0.410 e. The van der Waals surface area contributed by atoms with E-state index in [0.717, 1.165) is 57.9 Å². The number of carbonyl (C=O) groups is 3. The largest absolute Gasteiger partial charge is 0.453 e. The van der Waals surface area contributed by atoms with E-state index in [1.807, 2.05) is 7.05 Å². The Balaban J connectivity index is 1.82. The molecule has 0 aromatic heterocycles. The predicted molar refractivity (Wildman–Crippen MR) is 116 cm³/mol. The maximum atomic E-state index is 13.2. The lowest BCUT2D eigenvalue weighted by molar-refractivity contribution is -0.118. The molecule has 9 heteroatoms. The van der Waals surface area contributed by atoms with Gasteiger partial charge in [-0.3, -0.25) is 4.90 Å². The van der Waals surface area contributed by atoms with Gasteiger partial charge in [-0.05, 0) is 64.1 Å². The highest BCUT2D eigenvalue weighted by molar-refractivity contribution is 5.77. The van der Waals surface area contributed by atoms with Crippen molar-refractivity contribution in [3.63, 3.8) is 0 Å². The number of piperidine rings is 1.